The van der Waals surface area contributed by atoms with Crippen molar-refractivity contribution in [2.24, 2.45) is 0 Å². The van der Waals surface area contributed by atoms with Crippen molar-refractivity contribution in [3.63, 3.8) is 0 Å². The van der Waals surface area contributed by atoms with Crippen LogP contribution in [-0.2, 0) is 11.3 Å². The van der Waals surface area contributed by atoms with E-state index in [9.17, 15) is 4.79 Å². The van der Waals surface area contributed by atoms with E-state index in [1.807, 2.05) is 56.3 Å². The Morgan fingerprint density at radius 3 is 2.63 bits per heavy atom. The Hall–Kier alpha value is -2.60. The van der Waals surface area contributed by atoms with E-state index < -0.39 is 0 Å². The lowest BCUT2D eigenvalue weighted by Crippen LogP contribution is -2.23. The van der Waals surface area contributed by atoms with Gasteiger partial charge in [0.1, 0.15) is 0 Å². The summed E-state index contributed by atoms with van der Waals surface area (Å²) < 4.78 is 2.06. The number of hydrogen-bond acceptors (Lipinski definition) is 4. The number of nitrogens with zero attached hydrogens (tertiary/aromatic N) is 3. The molecule has 1 amide bonds. The monoisotopic (exact) mass is 380 g/mol. The largest absolute Gasteiger partial charge is 0.325 e. The van der Waals surface area contributed by atoms with Crippen LogP contribution < -0.4 is 5.32 Å². The van der Waals surface area contributed by atoms with E-state index in [1.165, 1.54) is 11.8 Å². The highest BCUT2D eigenvalue weighted by molar-refractivity contribution is 8.00. The molecule has 1 atom stereocenters. The van der Waals surface area contributed by atoms with Crippen LogP contribution in [0.15, 0.2) is 53.7 Å². The quantitative estimate of drug-likeness (QED) is 0.630. The van der Waals surface area contributed by atoms with E-state index in [0.29, 0.717) is 0 Å². The van der Waals surface area contributed by atoms with Gasteiger partial charge in [-0.1, -0.05) is 48.2 Å². The van der Waals surface area contributed by atoms with Crippen LogP contribution in [0.4, 0.5) is 5.69 Å². The highest BCUT2D eigenvalue weighted by Crippen LogP contribution is 2.28. The maximum atomic E-state index is 12.6. The second kappa shape index (κ2) is 8.39. The molecule has 0 fully saturated rings. The summed E-state index contributed by atoms with van der Waals surface area (Å²) in [4.78, 5) is 12.6. The van der Waals surface area contributed by atoms with Crippen molar-refractivity contribution < 1.29 is 4.79 Å². The Labute approximate surface area is 164 Å². The Balaban J connectivity index is 1.77. The lowest BCUT2D eigenvalue weighted by molar-refractivity contribution is -0.115. The van der Waals surface area contributed by atoms with Gasteiger partial charge in [-0.25, -0.2) is 0 Å². The van der Waals surface area contributed by atoms with E-state index in [4.69, 9.17) is 0 Å². The molecule has 3 rings (SSSR count). The Kier molecular flexibility index (Phi) is 5.96. The molecule has 0 unspecified atom stereocenters. The number of thioether (sulfide) groups is 1. The van der Waals surface area contributed by atoms with Crippen LogP contribution in [0.1, 0.15) is 25.0 Å². The zero-order valence-corrected chi connectivity index (χ0v) is 16.9. The van der Waals surface area contributed by atoms with Crippen molar-refractivity contribution in [2.45, 2.75) is 44.6 Å². The first-order valence-electron chi connectivity index (χ1n) is 9.03. The third kappa shape index (κ3) is 4.39. The summed E-state index contributed by atoms with van der Waals surface area (Å²) in [7, 11) is 0. The molecule has 140 valence electrons. The van der Waals surface area contributed by atoms with E-state index >= 15 is 0 Å². The Morgan fingerprint density at radius 1 is 1.15 bits per heavy atom. The molecule has 1 N–H and O–H groups in total. The van der Waals surface area contributed by atoms with Gasteiger partial charge in [0.25, 0.3) is 0 Å². The van der Waals surface area contributed by atoms with Crippen LogP contribution in [0.3, 0.4) is 0 Å². The van der Waals surface area contributed by atoms with Crippen LogP contribution in [0, 0.1) is 13.8 Å². The Bertz CT molecular complexity index is 951. The van der Waals surface area contributed by atoms with Crippen LogP contribution >= 0.6 is 11.8 Å². The summed E-state index contributed by atoms with van der Waals surface area (Å²) in [5.74, 6) is 0.790. The first kappa shape index (κ1) is 19.2. The van der Waals surface area contributed by atoms with Crippen LogP contribution in [0.2, 0.25) is 0 Å². The fourth-order valence-corrected chi connectivity index (χ4v) is 3.78. The highest BCUT2D eigenvalue weighted by atomic mass is 32.2. The third-order valence-electron chi connectivity index (χ3n) is 4.36. The van der Waals surface area contributed by atoms with Crippen molar-refractivity contribution in [1.29, 1.82) is 0 Å². The SMILES string of the molecule is CCn1c(S[C@@H](C)C(=O)Nc2cccc(C)c2)nnc1-c1ccccc1C. The molecule has 0 radical (unpaired) electrons. The van der Waals surface area contributed by atoms with Gasteiger partial charge < -0.3 is 9.88 Å². The van der Waals surface area contributed by atoms with E-state index in [-0.39, 0.29) is 11.2 Å². The zero-order chi connectivity index (χ0) is 19.4. The number of rotatable bonds is 6. The molecule has 0 saturated carbocycles. The molecular formula is C21H24N4OS. The molecule has 5 nitrogen and oxygen atoms in total. The molecule has 27 heavy (non-hydrogen) atoms. The number of anilines is 1. The smallest absolute Gasteiger partial charge is 0.237 e. The maximum Gasteiger partial charge on any atom is 0.237 e. The maximum absolute atomic E-state index is 12.6. The van der Waals surface area contributed by atoms with Crippen LogP contribution in [0.25, 0.3) is 11.4 Å². The van der Waals surface area contributed by atoms with Crippen molar-refractivity contribution in [2.75, 3.05) is 5.32 Å². The summed E-state index contributed by atoms with van der Waals surface area (Å²) in [6, 6.07) is 15.9. The molecule has 0 bridgehead atoms. The first-order chi connectivity index (χ1) is 13.0. The van der Waals surface area contributed by atoms with Crippen molar-refractivity contribution in [3.8, 4) is 11.4 Å². The van der Waals surface area contributed by atoms with Gasteiger partial charge in [0.05, 0.1) is 5.25 Å². The number of aryl methyl sites for hydroxylation is 2. The number of carbonyl (C=O) groups is 1. The topological polar surface area (TPSA) is 59.8 Å². The fourth-order valence-electron chi connectivity index (χ4n) is 2.86. The average Bonchev–Trinajstić information content (AvgIpc) is 3.04. The highest BCUT2D eigenvalue weighted by Gasteiger charge is 2.21. The summed E-state index contributed by atoms with van der Waals surface area (Å²) in [6.45, 7) is 8.76. The molecule has 1 aromatic heterocycles. The summed E-state index contributed by atoms with van der Waals surface area (Å²) in [6.07, 6.45) is 0. The molecule has 6 heteroatoms. The summed E-state index contributed by atoms with van der Waals surface area (Å²) >= 11 is 1.42. The minimum absolute atomic E-state index is 0.0475. The minimum atomic E-state index is -0.287. The van der Waals surface area contributed by atoms with Crippen molar-refractivity contribution in [3.05, 3.63) is 59.7 Å². The number of aromatic nitrogens is 3. The van der Waals surface area contributed by atoms with Gasteiger partial charge >= 0.3 is 0 Å². The molecule has 3 aromatic rings. The molecule has 0 spiro atoms. The lowest BCUT2D eigenvalue weighted by Gasteiger charge is -2.13. The average molecular weight is 381 g/mol. The second-order valence-electron chi connectivity index (χ2n) is 6.48. The third-order valence-corrected chi connectivity index (χ3v) is 5.44. The van der Waals surface area contributed by atoms with Gasteiger partial charge in [-0.3, -0.25) is 4.79 Å². The van der Waals surface area contributed by atoms with Crippen LogP contribution in [-0.4, -0.2) is 25.9 Å². The van der Waals surface area contributed by atoms with Crippen LogP contribution in [0.5, 0.6) is 0 Å². The van der Waals surface area contributed by atoms with E-state index in [2.05, 4.69) is 40.0 Å². The number of benzene rings is 2. The second-order valence-corrected chi connectivity index (χ2v) is 7.79. The molecule has 0 aliphatic rings. The molecule has 0 aliphatic carbocycles. The molecule has 1 heterocycles. The van der Waals surface area contributed by atoms with Gasteiger partial charge in [0.2, 0.25) is 5.91 Å². The lowest BCUT2D eigenvalue weighted by atomic mass is 10.1. The molecule has 0 saturated heterocycles. The standard InChI is InChI=1S/C21H24N4OS/c1-5-25-19(18-12-7-6-10-15(18)3)23-24-21(25)27-16(4)20(26)22-17-11-8-9-14(2)13-17/h6-13,16H,5H2,1-4H3,(H,22,26)/t16-/m0/s1. The normalized spacial score (nSPS) is 12.0. The van der Waals surface area contributed by atoms with Gasteiger partial charge in [-0.05, 0) is 51.0 Å². The first-order valence-corrected chi connectivity index (χ1v) is 9.91. The van der Waals surface area contributed by atoms with E-state index in [1.54, 1.807) is 0 Å². The fraction of sp³-hybridized carbons (Fsp3) is 0.286. The summed E-state index contributed by atoms with van der Waals surface area (Å²) in [5, 5.41) is 12.2. The van der Waals surface area contributed by atoms with Gasteiger partial charge in [0, 0.05) is 17.8 Å². The van der Waals surface area contributed by atoms with Crippen molar-refractivity contribution in [1.82, 2.24) is 14.8 Å². The Morgan fingerprint density at radius 2 is 1.93 bits per heavy atom. The summed E-state index contributed by atoms with van der Waals surface area (Å²) in [5.41, 5.74) is 4.14. The molecular weight excluding hydrogens is 356 g/mol. The minimum Gasteiger partial charge on any atom is -0.325 e. The van der Waals surface area contributed by atoms with Gasteiger partial charge in [-0.15, -0.1) is 10.2 Å². The number of amides is 1. The van der Waals surface area contributed by atoms with E-state index in [0.717, 1.165) is 39.9 Å². The number of carbonyl (C=O) groups excluding carboxylic acids is 1. The molecule has 2 aromatic carbocycles. The number of nitrogens with one attached hydrogen (secondary N) is 1. The predicted molar refractivity (Wildman–Crippen MR) is 111 cm³/mol. The number of hydrogen-bond donors (Lipinski definition) is 1. The van der Waals surface area contributed by atoms with Gasteiger partial charge in [0.15, 0.2) is 11.0 Å². The molecule has 0 aliphatic heterocycles. The zero-order valence-electron chi connectivity index (χ0n) is 16.1. The predicted octanol–water partition coefficient (Wildman–Crippen LogP) is 4.70. The van der Waals surface area contributed by atoms with Gasteiger partial charge in [-0.2, -0.15) is 0 Å². The van der Waals surface area contributed by atoms with Crippen molar-refractivity contribution >= 4 is 23.4 Å².